The first-order chi connectivity index (χ1) is 7.66. The van der Waals surface area contributed by atoms with Gasteiger partial charge in [0.15, 0.2) is 0 Å². The van der Waals surface area contributed by atoms with Crippen LogP contribution in [0, 0.1) is 0 Å². The van der Waals surface area contributed by atoms with Crippen molar-refractivity contribution in [1.29, 1.82) is 0 Å². The number of imide groups is 1. The van der Waals surface area contributed by atoms with Crippen LogP contribution in [-0.2, 0) is 14.3 Å². The van der Waals surface area contributed by atoms with Crippen molar-refractivity contribution in [1.82, 2.24) is 10.2 Å². The molecule has 0 bridgehead atoms. The van der Waals surface area contributed by atoms with Crippen LogP contribution in [0.2, 0.25) is 0 Å². The van der Waals surface area contributed by atoms with Crippen LogP contribution in [0.25, 0.3) is 0 Å². The Morgan fingerprint density at radius 2 is 2.00 bits per heavy atom. The Bertz CT molecular complexity index is 275. The predicted molar refractivity (Wildman–Crippen MR) is 54.6 cm³/mol. The van der Waals surface area contributed by atoms with Crippen LogP contribution in [0.4, 0.5) is 0 Å². The van der Waals surface area contributed by atoms with E-state index < -0.39 is 6.10 Å². The molecule has 16 heavy (non-hydrogen) atoms. The first kappa shape index (κ1) is 11.5. The molecule has 0 aromatic carbocycles. The summed E-state index contributed by atoms with van der Waals surface area (Å²) >= 11 is 0. The first-order valence-corrected chi connectivity index (χ1v) is 5.49. The number of nitrogens with zero attached hydrogens (tertiary/aromatic N) is 1. The second kappa shape index (κ2) is 4.90. The molecule has 1 heterocycles. The molecular formula is C10H16N2O4. The van der Waals surface area contributed by atoms with E-state index in [2.05, 4.69) is 5.32 Å². The van der Waals surface area contributed by atoms with E-state index in [1.54, 1.807) is 0 Å². The Hall–Kier alpha value is -0.980. The second-order valence-corrected chi connectivity index (χ2v) is 4.23. The zero-order valence-electron chi connectivity index (χ0n) is 9.02. The maximum absolute atomic E-state index is 11.3. The lowest BCUT2D eigenvalue weighted by Gasteiger charge is -2.27. The molecule has 1 saturated heterocycles. The normalized spacial score (nSPS) is 23.7. The van der Waals surface area contributed by atoms with Gasteiger partial charge in [-0.3, -0.25) is 14.5 Å². The third-order valence-electron chi connectivity index (χ3n) is 2.67. The summed E-state index contributed by atoms with van der Waals surface area (Å²) in [5, 5.41) is 12.8. The number of aliphatic hydroxyl groups is 1. The van der Waals surface area contributed by atoms with Gasteiger partial charge in [0.05, 0.1) is 12.6 Å². The van der Waals surface area contributed by atoms with Crippen LogP contribution in [0.15, 0.2) is 0 Å². The van der Waals surface area contributed by atoms with Gasteiger partial charge in [0.25, 0.3) is 11.8 Å². The summed E-state index contributed by atoms with van der Waals surface area (Å²) in [5.41, 5.74) is 0. The first-order valence-electron chi connectivity index (χ1n) is 5.49. The molecule has 0 radical (unpaired) electrons. The zero-order valence-corrected chi connectivity index (χ0v) is 9.02. The molecule has 1 atom stereocenters. The van der Waals surface area contributed by atoms with Crippen LogP contribution < -0.4 is 5.32 Å². The standard InChI is InChI=1S/C10H16N2O4/c13-8(3-11-7-1-2-7)4-12-9(14)5-16-6-10(12)15/h7-8,11,13H,1-6H2. The average molecular weight is 228 g/mol. The minimum Gasteiger partial charge on any atom is -0.390 e. The molecule has 6 heteroatoms. The summed E-state index contributed by atoms with van der Waals surface area (Å²) in [5.74, 6) is -0.747. The zero-order chi connectivity index (χ0) is 11.5. The van der Waals surface area contributed by atoms with Crippen molar-refractivity contribution in [3.8, 4) is 0 Å². The minimum atomic E-state index is -0.702. The van der Waals surface area contributed by atoms with E-state index in [0.29, 0.717) is 12.6 Å². The van der Waals surface area contributed by atoms with Gasteiger partial charge in [-0.25, -0.2) is 0 Å². The van der Waals surface area contributed by atoms with Gasteiger partial charge < -0.3 is 15.2 Å². The summed E-state index contributed by atoms with van der Waals surface area (Å²) in [6, 6.07) is 0.505. The lowest BCUT2D eigenvalue weighted by Crippen LogP contribution is -2.50. The molecule has 6 nitrogen and oxygen atoms in total. The number of hydrogen-bond acceptors (Lipinski definition) is 5. The fourth-order valence-electron chi connectivity index (χ4n) is 1.59. The van der Waals surface area contributed by atoms with E-state index in [1.165, 1.54) is 0 Å². The number of hydrogen-bond donors (Lipinski definition) is 2. The Labute approximate surface area is 93.6 Å². The van der Waals surface area contributed by atoms with Crippen LogP contribution in [0.5, 0.6) is 0 Å². The van der Waals surface area contributed by atoms with Crippen molar-refractivity contribution < 1.29 is 19.4 Å². The number of morpholine rings is 1. The highest BCUT2D eigenvalue weighted by Crippen LogP contribution is 2.18. The van der Waals surface area contributed by atoms with Crippen molar-refractivity contribution in [3.63, 3.8) is 0 Å². The molecule has 2 aliphatic rings. The minimum absolute atomic E-state index is 0.0563. The quantitative estimate of drug-likeness (QED) is 0.559. The van der Waals surface area contributed by atoms with E-state index in [-0.39, 0.29) is 31.6 Å². The van der Waals surface area contributed by atoms with Crippen LogP contribution in [0.3, 0.4) is 0 Å². The van der Waals surface area contributed by atoms with E-state index in [0.717, 1.165) is 17.7 Å². The number of ether oxygens (including phenoxy) is 1. The van der Waals surface area contributed by atoms with Gasteiger partial charge >= 0.3 is 0 Å². The van der Waals surface area contributed by atoms with Crippen LogP contribution in [-0.4, -0.2) is 60.3 Å². The number of nitrogens with one attached hydrogen (secondary N) is 1. The Kier molecular flexibility index (Phi) is 3.52. The molecule has 2 fully saturated rings. The molecule has 1 saturated carbocycles. The number of aliphatic hydroxyl groups excluding tert-OH is 1. The topological polar surface area (TPSA) is 78.9 Å². The summed E-state index contributed by atoms with van der Waals surface area (Å²) < 4.78 is 4.78. The summed E-state index contributed by atoms with van der Waals surface area (Å²) in [4.78, 5) is 23.8. The second-order valence-electron chi connectivity index (χ2n) is 4.23. The molecule has 0 aromatic rings. The molecule has 1 aliphatic carbocycles. The number of carbonyl (C=O) groups excluding carboxylic acids is 2. The van der Waals surface area contributed by atoms with Crippen LogP contribution in [0.1, 0.15) is 12.8 Å². The van der Waals surface area contributed by atoms with Crippen molar-refractivity contribution in [2.24, 2.45) is 0 Å². The van der Waals surface area contributed by atoms with E-state index >= 15 is 0 Å². The van der Waals surface area contributed by atoms with Crippen LogP contribution >= 0.6 is 0 Å². The van der Waals surface area contributed by atoms with Crippen molar-refractivity contribution >= 4 is 11.8 Å². The number of rotatable bonds is 5. The molecular weight excluding hydrogens is 212 g/mol. The number of β-amino-alcohol motifs (C(OH)–C–C–N with tert-alkyl or cyclic N) is 1. The number of carbonyl (C=O) groups is 2. The lowest BCUT2D eigenvalue weighted by atomic mass is 10.3. The Morgan fingerprint density at radius 1 is 1.38 bits per heavy atom. The fraction of sp³-hybridized carbons (Fsp3) is 0.800. The monoisotopic (exact) mass is 228 g/mol. The highest BCUT2D eigenvalue weighted by molar-refractivity contribution is 5.98. The van der Waals surface area contributed by atoms with E-state index in [4.69, 9.17) is 4.74 Å². The predicted octanol–water partition coefficient (Wildman–Crippen LogP) is -1.52. The maximum Gasteiger partial charge on any atom is 0.255 e. The average Bonchev–Trinajstić information content (AvgIpc) is 3.04. The molecule has 0 spiro atoms. The molecule has 0 aromatic heterocycles. The third-order valence-corrected chi connectivity index (χ3v) is 2.67. The summed E-state index contributed by atoms with van der Waals surface area (Å²) in [6.45, 7) is 0.326. The van der Waals surface area contributed by atoms with Crippen molar-refractivity contribution in [3.05, 3.63) is 0 Å². The highest BCUT2D eigenvalue weighted by atomic mass is 16.5. The molecule has 2 amide bonds. The largest absolute Gasteiger partial charge is 0.390 e. The van der Waals surface area contributed by atoms with E-state index in [1.807, 2.05) is 0 Å². The molecule has 1 aliphatic heterocycles. The Balaban J connectivity index is 1.76. The van der Waals surface area contributed by atoms with Gasteiger partial charge in [-0.1, -0.05) is 0 Å². The van der Waals surface area contributed by atoms with Gasteiger partial charge in [0, 0.05) is 12.6 Å². The van der Waals surface area contributed by atoms with Gasteiger partial charge in [-0.2, -0.15) is 0 Å². The Morgan fingerprint density at radius 3 is 2.56 bits per heavy atom. The van der Waals surface area contributed by atoms with E-state index in [9.17, 15) is 14.7 Å². The smallest absolute Gasteiger partial charge is 0.255 e. The lowest BCUT2D eigenvalue weighted by molar-refractivity contribution is -0.160. The summed E-state index contributed by atoms with van der Waals surface area (Å²) in [7, 11) is 0. The van der Waals surface area contributed by atoms with Gasteiger partial charge in [0.2, 0.25) is 0 Å². The third kappa shape index (κ3) is 3.01. The maximum atomic E-state index is 11.3. The SMILES string of the molecule is O=C1COCC(=O)N1CC(O)CNC1CC1. The van der Waals surface area contributed by atoms with Gasteiger partial charge in [-0.15, -0.1) is 0 Å². The van der Waals surface area contributed by atoms with Gasteiger partial charge in [0.1, 0.15) is 13.2 Å². The molecule has 90 valence electrons. The molecule has 2 rings (SSSR count). The fourth-order valence-corrected chi connectivity index (χ4v) is 1.59. The van der Waals surface area contributed by atoms with Crippen molar-refractivity contribution in [2.75, 3.05) is 26.3 Å². The molecule has 2 N–H and O–H groups in total. The highest BCUT2D eigenvalue weighted by Gasteiger charge is 2.29. The summed E-state index contributed by atoms with van der Waals surface area (Å²) in [6.07, 6.45) is 1.58. The van der Waals surface area contributed by atoms with Gasteiger partial charge in [-0.05, 0) is 12.8 Å². The van der Waals surface area contributed by atoms with Crippen molar-refractivity contribution in [2.45, 2.75) is 25.0 Å². The molecule has 1 unspecified atom stereocenters. The number of amides is 2.